The molecule has 0 spiro atoms. The molecule has 0 saturated heterocycles. The van der Waals surface area contributed by atoms with Crippen LogP contribution in [0.1, 0.15) is 0 Å². The Labute approximate surface area is 136 Å². The van der Waals surface area contributed by atoms with Gasteiger partial charge in [0.1, 0.15) is 5.69 Å². The molecule has 0 amide bonds. The van der Waals surface area contributed by atoms with E-state index in [0.717, 1.165) is 16.8 Å². The number of hydrogen-bond acceptors (Lipinski definition) is 5. The van der Waals surface area contributed by atoms with Crippen LogP contribution in [0, 0.1) is 0 Å². The Hall–Kier alpha value is -2.99. The normalized spacial score (nSPS) is 10.8. The topological polar surface area (TPSA) is 80.5 Å². The van der Waals surface area contributed by atoms with Gasteiger partial charge in [-0.05, 0) is 30.3 Å². The molecule has 0 atom stereocenters. The molecule has 3 heterocycles. The first kappa shape index (κ1) is 13.7. The Morgan fingerprint density at radius 3 is 2.70 bits per heavy atom. The van der Waals surface area contributed by atoms with Crippen molar-refractivity contribution in [3.05, 3.63) is 59.9 Å². The molecule has 112 valence electrons. The number of nitrogens with one attached hydrogen (secondary N) is 1. The van der Waals surface area contributed by atoms with Crippen LogP contribution in [0.25, 0.3) is 34.2 Å². The summed E-state index contributed by atoms with van der Waals surface area (Å²) >= 11 is 5.89. The fraction of sp³-hybridized carbons (Fsp3) is 0. The van der Waals surface area contributed by atoms with Crippen LogP contribution in [-0.2, 0) is 0 Å². The number of nitrogens with zero attached hydrogens (tertiary/aromatic N) is 4. The monoisotopic (exact) mass is 323 g/mol. The molecule has 1 aromatic carbocycles. The quantitative estimate of drug-likeness (QED) is 0.619. The van der Waals surface area contributed by atoms with Crippen LogP contribution in [0.15, 0.2) is 59.4 Å². The molecule has 0 aliphatic carbocycles. The van der Waals surface area contributed by atoms with Crippen LogP contribution >= 0.6 is 11.6 Å². The summed E-state index contributed by atoms with van der Waals surface area (Å²) in [4.78, 5) is 8.40. The first-order chi connectivity index (χ1) is 11.3. The maximum absolute atomic E-state index is 5.89. The van der Waals surface area contributed by atoms with Crippen molar-refractivity contribution in [3.8, 4) is 34.2 Å². The second kappa shape index (κ2) is 5.66. The Bertz CT molecular complexity index is 931. The standard InChI is InChI=1S/C16H10ClN5O/c17-12-5-3-10(4-6-12)13-8-14(21-20-13)16-19-15(22-23-16)11-2-1-7-18-9-11/h1-9H,(H,20,21). The van der Waals surface area contributed by atoms with Crippen LogP contribution in [0.4, 0.5) is 0 Å². The summed E-state index contributed by atoms with van der Waals surface area (Å²) in [7, 11) is 0. The van der Waals surface area contributed by atoms with Crippen molar-refractivity contribution in [1.82, 2.24) is 25.3 Å². The van der Waals surface area contributed by atoms with Crippen molar-refractivity contribution in [1.29, 1.82) is 0 Å². The fourth-order valence-electron chi connectivity index (χ4n) is 2.14. The van der Waals surface area contributed by atoms with E-state index in [0.29, 0.717) is 22.4 Å². The molecule has 0 bridgehead atoms. The van der Waals surface area contributed by atoms with Gasteiger partial charge in [-0.15, -0.1) is 0 Å². The van der Waals surface area contributed by atoms with Crippen molar-refractivity contribution in [2.75, 3.05) is 0 Å². The average molecular weight is 324 g/mol. The van der Waals surface area contributed by atoms with Gasteiger partial charge in [0.25, 0.3) is 5.89 Å². The average Bonchev–Trinajstić information content (AvgIpc) is 3.26. The predicted molar refractivity (Wildman–Crippen MR) is 85.6 cm³/mol. The van der Waals surface area contributed by atoms with Crippen LogP contribution in [0.5, 0.6) is 0 Å². The van der Waals surface area contributed by atoms with Crippen LogP contribution in [0.3, 0.4) is 0 Å². The Morgan fingerprint density at radius 2 is 1.91 bits per heavy atom. The van der Waals surface area contributed by atoms with Gasteiger partial charge in [0, 0.05) is 28.5 Å². The van der Waals surface area contributed by atoms with Gasteiger partial charge in [-0.3, -0.25) is 10.1 Å². The number of pyridine rings is 1. The molecule has 0 radical (unpaired) electrons. The van der Waals surface area contributed by atoms with Crippen molar-refractivity contribution < 1.29 is 4.52 Å². The van der Waals surface area contributed by atoms with Gasteiger partial charge in [-0.1, -0.05) is 28.9 Å². The highest BCUT2D eigenvalue weighted by molar-refractivity contribution is 6.30. The summed E-state index contributed by atoms with van der Waals surface area (Å²) in [5.41, 5.74) is 3.17. The highest BCUT2D eigenvalue weighted by atomic mass is 35.5. The molecule has 0 aliphatic rings. The molecule has 0 saturated carbocycles. The molecule has 1 N–H and O–H groups in total. The Kier molecular flexibility index (Phi) is 3.36. The lowest BCUT2D eigenvalue weighted by Gasteiger charge is -1.94. The van der Waals surface area contributed by atoms with E-state index in [-0.39, 0.29) is 0 Å². The van der Waals surface area contributed by atoms with Gasteiger partial charge in [-0.2, -0.15) is 10.1 Å². The number of benzene rings is 1. The van der Waals surface area contributed by atoms with E-state index < -0.39 is 0 Å². The number of H-pyrrole nitrogens is 1. The number of aromatic amines is 1. The number of hydrogen-bond donors (Lipinski definition) is 1. The lowest BCUT2D eigenvalue weighted by Crippen LogP contribution is -1.82. The van der Waals surface area contributed by atoms with E-state index in [1.807, 2.05) is 42.5 Å². The van der Waals surface area contributed by atoms with Gasteiger partial charge in [-0.25, -0.2) is 0 Å². The molecule has 0 aliphatic heterocycles. The zero-order chi connectivity index (χ0) is 15.6. The number of rotatable bonds is 3. The van der Waals surface area contributed by atoms with E-state index in [1.54, 1.807) is 12.4 Å². The Morgan fingerprint density at radius 1 is 1.04 bits per heavy atom. The molecule has 4 aromatic rings. The lowest BCUT2D eigenvalue weighted by molar-refractivity contribution is 0.431. The SMILES string of the molecule is Clc1ccc(-c2cc(-c3nc(-c4cccnc4)no3)[nH]n2)cc1. The largest absolute Gasteiger partial charge is 0.332 e. The third-order valence-electron chi connectivity index (χ3n) is 3.29. The number of halogens is 1. The van der Waals surface area contributed by atoms with E-state index in [1.165, 1.54) is 0 Å². The second-order valence-electron chi connectivity index (χ2n) is 4.84. The van der Waals surface area contributed by atoms with E-state index in [2.05, 4.69) is 25.3 Å². The highest BCUT2D eigenvalue weighted by Gasteiger charge is 2.13. The zero-order valence-electron chi connectivity index (χ0n) is 11.8. The maximum atomic E-state index is 5.89. The molecule has 7 heteroatoms. The highest BCUT2D eigenvalue weighted by Crippen LogP contribution is 2.25. The number of aromatic nitrogens is 5. The summed E-state index contributed by atoms with van der Waals surface area (Å²) in [5.74, 6) is 0.854. The van der Waals surface area contributed by atoms with Gasteiger partial charge in [0.2, 0.25) is 5.82 Å². The van der Waals surface area contributed by atoms with Crippen molar-refractivity contribution >= 4 is 11.6 Å². The zero-order valence-corrected chi connectivity index (χ0v) is 12.5. The minimum Gasteiger partial charge on any atom is -0.332 e. The summed E-state index contributed by atoms with van der Waals surface area (Å²) in [6, 6.07) is 13.0. The molecule has 3 aromatic heterocycles. The van der Waals surface area contributed by atoms with E-state index in [4.69, 9.17) is 16.1 Å². The predicted octanol–water partition coefficient (Wildman–Crippen LogP) is 3.84. The van der Waals surface area contributed by atoms with E-state index >= 15 is 0 Å². The second-order valence-corrected chi connectivity index (χ2v) is 5.28. The molecular weight excluding hydrogens is 314 g/mol. The van der Waals surface area contributed by atoms with Crippen molar-refractivity contribution in [2.24, 2.45) is 0 Å². The van der Waals surface area contributed by atoms with Gasteiger partial charge in [0.15, 0.2) is 0 Å². The van der Waals surface area contributed by atoms with Crippen molar-refractivity contribution in [2.45, 2.75) is 0 Å². The summed E-state index contributed by atoms with van der Waals surface area (Å²) in [6.45, 7) is 0. The first-order valence-electron chi connectivity index (χ1n) is 6.85. The maximum Gasteiger partial charge on any atom is 0.276 e. The fourth-order valence-corrected chi connectivity index (χ4v) is 2.27. The molecule has 0 unspecified atom stereocenters. The third kappa shape index (κ3) is 2.72. The minimum absolute atomic E-state index is 0.372. The first-order valence-corrected chi connectivity index (χ1v) is 7.23. The summed E-state index contributed by atoms with van der Waals surface area (Å²) in [6.07, 6.45) is 3.37. The molecular formula is C16H10ClN5O. The third-order valence-corrected chi connectivity index (χ3v) is 3.55. The molecule has 0 fully saturated rings. The minimum atomic E-state index is 0.372. The lowest BCUT2D eigenvalue weighted by atomic mass is 10.1. The smallest absolute Gasteiger partial charge is 0.276 e. The molecule has 6 nitrogen and oxygen atoms in total. The van der Waals surface area contributed by atoms with Crippen LogP contribution in [0.2, 0.25) is 5.02 Å². The van der Waals surface area contributed by atoms with Crippen LogP contribution in [-0.4, -0.2) is 25.3 Å². The van der Waals surface area contributed by atoms with Gasteiger partial charge >= 0.3 is 0 Å². The van der Waals surface area contributed by atoms with E-state index in [9.17, 15) is 0 Å². The van der Waals surface area contributed by atoms with Gasteiger partial charge < -0.3 is 4.52 Å². The Balaban J connectivity index is 1.65. The van der Waals surface area contributed by atoms with Gasteiger partial charge in [0.05, 0.1) is 5.69 Å². The summed E-state index contributed by atoms with van der Waals surface area (Å²) < 4.78 is 5.29. The van der Waals surface area contributed by atoms with Crippen molar-refractivity contribution in [3.63, 3.8) is 0 Å². The summed E-state index contributed by atoms with van der Waals surface area (Å²) in [5, 5.41) is 11.8. The van der Waals surface area contributed by atoms with Crippen LogP contribution < -0.4 is 0 Å². The molecule has 23 heavy (non-hydrogen) atoms. The molecule has 4 rings (SSSR count).